The molecule has 126 valence electrons. The van der Waals surface area contributed by atoms with Gasteiger partial charge in [0.15, 0.2) is 0 Å². The van der Waals surface area contributed by atoms with Crippen molar-refractivity contribution in [3.63, 3.8) is 0 Å². The lowest BCUT2D eigenvalue weighted by atomic mass is 10.2. The summed E-state index contributed by atoms with van der Waals surface area (Å²) < 4.78 is 5.32. The molecular formula is C18H19ClN2O3. The molecular weight excluding hydrogens is 328 g/mol. The smallest absolute Gasteiger partial charge is 0.251 e. The van der Waals surface area contributed by atoms with Crippen LogP contribution in [0.1, 0.15) is 22.8 Å². The molecule has 0 spiro atoms. The molecule has 0 saturated heterocycles. The fourth-order valence-corrected chi connectivity index (χ4v) is 2.23. The zero-order chi connectivity index (χ0) is 17.4. The van der Waals surface area contributed by atoms with Gasteiger partial charge < -0.3 is 15.4 Å². The van der Waals surface area contributed by atoms with Gasteiger partial charge in [-0.05, 0) is 42.8 Å². The zero-order valence-electron chi connectivity index (χ0n) is 13.3. The predicted octanol–water partition coefficient (Wildman–Crippen LogP) is 2.78. The van der Waals surface area contributed by atoms with E-state index in [1.807, 2.05) is 25.1 Å². The number of ether oxygens (including phenoxy) is 1. The Morgan fingerprint density at radius 3 is 2.42 bits per heavy atom. The van der Waals surface area contributed by atoms with Gasteiger partial charge in [-0.25, -0.2) is 0 Å². The second kappa shape index (κ2) is 8.93. The van der Waals surface area contributed by atoms with E-state index in [0.29, 0.717) is 29.5 Å². The van der Waals surface area contributed by atoms with Crippen molar-refractivity contribution in [3.8, 4) is 5.75 Å². The number of carbonyl (C=O) groups is 2. The molecule has 2 rings (SSSR count). The van der Waals surface area contributed by atoms with Crippen molar-refractivity contribution in [3.05, 3.63) is 64.7 Å². The van der Waals surface area contributed by atoms with Crippen molar-refractivity contribution in [1.82, 2.24) is 10.6 Å². The van der Waals surface area contributed by atoms with E-state index < -0.39 is 0 Å². The number of hydrogen-bond acceptors (Lipinski definition) is 3. The van der Waals surface area contributed by atoms with Crippen molar-refractivity contribution in [2.75, 3.05) is 13.2 Å². The maximum Gasteiger partial charge on any atom is 0.251 e. The van der Waals surface area contributed by atoms with Crippen LogP contribution in [0.25, 0.3) is 0 Å². The van der Waals surface area contributed by atoms with Crippen LogP contribution in [0.4, 0.5) is 0 Å². The Morgan fingerprint density at radius 1 is 1.04 bits per heavy atom. The van der Waals surface area contributed by atoms with Crippen LogP contribution < -0.4 is 15.4 Å². The molecule has 0 radical (unpaired) electrons. The van der Waals surface area contributed by atoms with Gasteiger partial charge in [0.2, 0.25) is 5.91 Å². The van der Waals surface area contributed by atoms with Crippen molar-refractivity contribution in [2.45, 2.75) is 13.5 Å². The number of hydrogen-bond donors (Lipinski definition) is 2. The largest absolute Gasteiger partial charge is 0.494 e. The number of amides is 2. The van der Waals surface area contributed by atoms with E-state index in [9.17, 15) is 9.59 Å². The Bertz CT molecular complexity index is 702. The first-order chi connectivity index (χ1) is 11.6. The molecule has 2 aromatic carbocycles. The summed E-state index contributed by atoms with van der Waals surface area (Å²) in [5, 5.41) is 5.88. The van der Waals surface area contributed by atoms with E-state index in [0.717, 1.165) is 5.56 Å². The summed E-state index contributed by atoms with van der Waals surface area (Å²) in [6, 6.07) is 14.0. The predicted molar refractivity (Wildman–Crippen MR) is 93.2 cm³/mol. The van der Waals surface area contributed by atoms with E-state index in [1.54, 1.807) is 30.3 Å². The molecule has 0 bridgehead atoms. The molecule has 0 heterocycles. The first-order valence-corrected chi connectivity index (χ1v) is 7.99. The van der Waals surface area contributed by atoms with Crippen LogP contribution in [0.2, 0.25) is 5.02 Å². The monoisotopic (exact) mass is 346 g/mol. The molecule has 0 aliphatic carbocycles. The molecule has 6 heteroatoms. The molecule has 0 atom stereocenters. The Kier molecular flexibility index (Phi) is 6.63. The molecule has 2 N–H and O–H groups in total. The van der Waals surface area contributed by atoms with Crippen LogP contribution in [-0.2, 0) is 11.3 Å². The van der Waals surface area contributed by atoms with Gasteiger partial charge in [0.1, 0.15) is 5.75 Å². The third kappa shape index (κ3) is 5.28. The maximum atomic E-state index is 12.0. The van der Waals surface area contributed by atoms with Crippen molar-refractivity contribution in [2.24, 2.45) is 0 Å². The second-order valence-corrected chi connectivity index (χ2v) is 5.42. The van der Waals surface area contributed by atoms with Crippen LogP contribution >= 0.6 is 11.6 Å². The van der Waals surface area contributed by atoms with Crippen LogP contribution in [0.15, 0.2) is 48.5 Å². The Balaban J connectivity index is 1.78. The number of benzene rings is 2. The van der Waals surface area contributed by atoms with Crippen molar-refractivity contribution >= 4 is 23.4 Å². The van der Waals surface area contributed by atoms with Gasteiger partial charge in [-0.3, -0.25) is 9.59 Å². The highest BCUT2D eigenvalue weighted by Crippen LogP contribution is 2.14. The second-order valence-electron chi connectivity index (χ2n) is 5.01. The van der Waals surface area contributed by atoms with Crippen LogP contribution in [0, 0.1) is 0 Å². The van der Waals surface area contributed by atoms with E-state index >= 15 is 0 Å². The molecule has 2 aromatic rings. The van der Waals surface area contributed by atoms with Crippen LogP contribution in [0.5, 0.6) is 5.75 Å². The summed E-state index contributed by atoms with van der Waals surface area (Å²) in [6.45, 7) is 2.67. The average Bonchev–Trinajstić information content (AvgIpc) is 2.60. The Morgan fingerprint density at radius 2 is 1.75 bits per heavy atom. The van der Waals surface area contributed by atoms with Crippen molar-refractivity contribution < 1.29 is 14.3 Å². The minimum absolute atomic E-state index is 0.101. The maximum absolute atomic E-state index is 12.0. The highest BCUT2D eigenvalue weighted by atomic mass is 35.5. The van der Waals surface area contributed by atoms with Gasteiger partial charge in [0.05, 0.1) is 13.2 Å². The van der Waals surface area contributed by atoms with Gasteiger partial charge in [-0.15, -0.1) is 0 Å². The average molecular weight is 347 g/mol. The first kappa shape index (κ1) is 17.8. The third-order valence-electron chi connectivity index (χ3n) is 3.27. The van der Waals surface area contributed by atoms with E-state index in [1.165, 1.54) is 0 Å². The molecule has 5 nitrogen and oxygen atoms in total. The molecule has 24 heavy (non-hydrogen) atoms. The topological polar surface area (TPSA) is 67.4 Å². The number of halogens is 1. The van der Waals surface area contributed by atoms with E-state index in [4.69, 9.17) is 16.3 Å². The van der Waals surface area contributed by atoms with E-state index in [2.05, 4.69) is 10.6 Å². The van der Waals surface area contributed by atoms with Gasteiger partial charge >= 0.3 is 0 Å². The molecule has 0 aliphatic heterocycles. The van der Waals surface area contributed by atoms with Gasteiger partial charge in [-0.1, -0.05) is 29.8 Å². The van der Waals surface area contributed by atoms with Crippen LogP contribution in [-0.4, -0.2) is 25.0 Å². The minimum atomic E-state index is -0.314. The fourth-order valence-electron chi connectivity index (χ4n) is 2.03. The zero-order valence-corrected chi connectivity index (χ0v) is 14.1. The summed E-state index contributed by atoms with van der Waals surface area (Å²) in [5.74, 6) is 0.103. The molecule has 0 unspecified atom stereocenters. The van der Waals surface area contributed by atoms with Gasteiger partial charge in [0, 0.05) is 17.1 Å². The summed E-state index contributed by atoms with van der Waals surface area (Å²) in [7, 11) is 0. The minimum Gasteiger partial charge on any atom is -0.494 e. The van der Waals surface area contributed by atoms with Crippen LogP contribution in [0.3, 0.4) is 0 Å². The quantitative estimate of drug-likeness (QED) is 0.810. The highest BCUT2D eigenvalue weighted by Gasteiger charge is 2.08. The molecule has 0 aromatic heterocycles. The highest BCUT2D eigenvalue weighted by molar-refractivity contribution is 6.31. The SMILES string of the molecule is CCOc1ccc(C(=O)NCC(=O)NCc2ccccc2Cl)cc1. The van der Waals surface area contributed by atoms with Gasteiger partial charge in [-0.2, -0.15) is 0 Å². The lowest BCUT2D eigenvalue weighted by Gasteiger charge is -2.09. The Labute approximate surface area is 146 Å². The fraction of sp³-hybridized carbons (Fsp3) is 0.222. The summed E-state index contributed by atoms with van der Waals surface area (Å²) in [4.78, 5) is 23.8. The van der Waals surface area contributed by atoms with Crippen molar-refractivity contribution in [1.29, 1.82) is 0 Å². The number of rotatable bonds is 7. The lowest BCUT2D eigenvalue weighted by molar-refractivity contribution is -0.120. The standard InChI is InChI=1S/C18H19ClN2O3/c1-2-24-15-9-7-13(8-10-15)18(23)21-12-17(22)20-11-14-5-3-4-6-16(14)19/h3-10H,2,11-12H2,1H3,(H,20,22)(H,21,23). The van der Waals surface area contributed by atoms with Gasteiger partial charge in [0.25, 0.3) is 5.91 Å². The summed E-state index contributed by atoms with van der Waals surface area (Å²) in [6.07, 6.45) is 0. The first-order valence-electron chi connectivity index (χ1n) is 7.61. The molecule has 0 fully saturated rings. The molecule has 0 saturated carbocycles. The number of carbonyl (C=O) groups excluding carboxylic acids is 2. The lowest BCUT2D eigenvalue weighted by Crippen LogP contribution is -2.36. The molecule has 2 amide bonds. The summed E-state index contributed by atoms with van der Waals surface area (Å²) in [5.41, 5.74) is 1.29. The number of nitrogens with one attached hydrogen (secondary N) is 2. The summed E-state index contributed by atoms with van der Waals surface area (Å²) >= 11 is 6.02. The normalized spacial score (nSPS) is 10.1. The molecule has 0 aliphatic rings. The Hall–Kier alpha value is -2.53. The third-order valence-corrected chi connectivity index (χ3v) is 3.64. The van der Waals surface area contributed by atoms with E-state index in [-0.39, 0.29) is 18.4 Å².